The van der Waals surface area contributed by atoms with Gasteiger partial charge in [-0.15, -0.1) is 0 Å². The van der Waals surface area contributed by atoms with Crippen LogP contribution < -0.4 is 4.74 Å². The maximum atomic E-state index is 10.1. The summed E-state index contributed by atoms with van der Waals surface area (Å²) in [5.41, 5.74) is 1.90. The van der Waals surface area contributed by atoms with Crippen molar-refractivity contribution in [2.24, 2.45) is 0 Å². The van der Waals surface area contributed by atoms with Gasteiger partial charge in [0.15, 0.2) is 0 Å². The standard InChI is InChI=1S/C13H18NO2/c1-13(2)9-8-12(14(13)15)10-4-6-11(16-3)7-5-10/h4-7,15H,8-9H2,1-3H3/q+1. The van der Waals surface area contributed by atoms with Crippen molar-refractivity contribution in [3.05, 3.63) is 29.8 Å². The number of hydroxylamine groups is 1. The Balaban J connectivity index is 2.35. The Morgan fingerprint density at radius 2 is 1.88 bits per heavy atom. The van der Waals surface area contributed by atoms with E-state index in [1.54, 1.807) is 7.11 Å². The maximum Gasteiger partial charge on any atom is 0.235 e. The van der Waals surface area contributed by atoms with Gasteiger partial charge < -0.3 is 4.74 Å². The Labute approximate surface area is 95.9 Å². The highest BCUT2D eigenvalue weighted by Gasteiger charge is 2.42. The first-order chi connectivity index (χ1) is 7.54. The lowest BCUT2D eigenvalue weighted by Crippen LogP contribution is -2.31. The quantitative estimate of drug-likeness (QED) is 0.613. The summed E-state index contributed by atoms with van der Waals surface area (Å²) in [5, 5.41) is 10.1. The van der Waals surface area contributed by atoms with Gasteiger partial charge in [0.1, 0.15) is 5.75 Å². The second-order valence-corrected chi connectivity index (χ2v) is 4.80. The summed E-state index contributed by atoms with van der Waals surface area (Å²) in [6, 6.07) is 7.81. The second kappa shape index (κ2) is 3.81. The van der Waals surface area contributed by atoms with E-state index in [4.69, 9.17) is 4.74 Å². The van der Waals surface area contributed by atoms with E-state index in [0.717, 1.165) is 29.9 Å². The molecule has 0 radical (unpaired) electrons. The summed E-state index contributed by atoms with van der Waals surface area (Å²) in [4.78, 5) is 0. The molecule has 1 N–H and O–H groups in total. The van der Waals surface area contributed by atoms with Gasteiger partial charge in [-0.3, -0.25) is 5.21 Å². The second-order valence-electron chi connectivity index (χ2n) is 4.80. The predicted molar refractivity (Wildman–Crippen MR) is 62.5 cm³/mol. The van der Waals surface area contributed by atoms with Crippen LogP contribution >= 0.6 is 0 Å². The highest BCUT2D eigenvalue weighted by molar-refractivity contribution is 5.97. The van der Waals surface area contributed by atoms with Crippen molar-refractivity contribution in [1.82, 2.24) is 0 Å². The summed E-state index contributed by atoms with van der Waals surface area (Å²) < 4.78 is 6.51. The molecule has 0 aromatic heterocycles. The fraction of sp³-hybridized carbons (Fsp3) is 0.462. The number of nitrogens with zero attached hydrogens (tertiary/aromatic N) is 1. The Bertz CT molecular complexity index is 418. The molecule has 2 rings (SSSR count). The van der Waals surface area contributed by atoms with Gasteiger partial charge in [-0.1, -0.05) is 0 Å². The van der Waals surface area contributed by atoms with Crippen LogP contribution in [0.1, 0.15) is 32.3 Å². The largest absolute Gasteiger partial charge is 0.497 e. The Kier molecular flexibility index (Phi) is 2.62. The van der Waals surface area contributed by atoms with Crippen LogP contribution in [0.3, 0.4) is 0 Å². The molecule has 0 saturated heterocycles. The van der Waals surface area contributed by atoms with E-state index in [0.29, 0.717) is 0 Å². The molecule has 0 unspecified atom stereocenters. The van der Waals surface area contributed by atoms with Crippen molar-refractivity contribution in [2.75, 3.05) is 7.11 Å². The fourth-order valence-corrected chi connectivity index (χ4v) is 2.05. The summed E-state index contributed by atoms with van der Waals surface area (Å²) >= 11 is 0. The SMILES string of the molecule is COc1ccc(C2=[N+](O)C(C)(C)CC2)cc1. The third-order valence-electron chi connectivity index (χ3n) is 3.23. The summed E-state index contributed by atoms with van der Waals surface area (Å²) in [5.74, 6) is 0.839. The Morgan fingerprint density at radius 1 is 1.25 bits per heavy atom. The van der Waals surface area contributed by atoms with Crippen LogP contribution in [0, 0.1) is 0 Å². The van der Waals surface area contributed by atoms with Gasteiger partial charge in [0.2, 0.25) is 11.3 Å². The van der Waals surface area contributed by atoms with E-state index >= 15 is 0 Å². The van der Waals surface area contributed by atoms with Crippen LogP contribution in [0.2, 0.25) is 0 Å². The van der Waals surface area contributed by atoms with E-state index < -0.39 is 0 Å². The van der Waals surface area contributed by atoms with Gasteiger partial charge in [-0.25, -0.2) is 0 Å². The van der Waals surface area contributed by atoms with Crippen molar-refractivity contribution in [3.63, 3.8) is 0 Å². The normalized spacial score (nSPS) is 18.9. The first-order valence-corrected chi connectivity index (χ1v) is 5.54. The zero-order valence-electron chi connectivity index (χ0n) is 10.0. The van der Waals surface area contributed by atoms with Crippen molar-refractivity contribution in [2.45, 2.75) is 32.2 Å². The molecule has 0 atom stereocenters. The molecule has 1 aliphatic rings. The van der Waals surface area contributed by atoms with Crippen LogP contribution in [0.5, 0.6) is 5.75 Å². The summed E-state index contributed by atoms with van der Waals surface area (Å²) in [6.45, 7) is 4.09. The monoisotopic (exact) mass is 220 g/mol. The van der Waals surface area contributed by atoms with Crippen LogP contribution in [0.4, 0.5) is 0 Å². The van der Waals surface area contributed by atoms with E-state index in [1.165, 1.54) is 4.74 Å². The molecule has 0 amide bonds. The zero-order valence-corrected chi connectivity index (χ0v) is 10.0. The first kappa shape index (κ1) is 11.0. The molecule has 0 aliphatic carbocycles. The number of methoxy groups -OCH3 is 1. The van der Waals surface area contributed by atoms with Gasteiger partial charge in [0, 0.05) is 32.3 Å². The molecule has 0 spiro atoms. The van der Waals surface area contributed by atoms with Gasteiger partial charge in [-0.2, -0.15) is 0 Å². The molecule has 3 heteroatoms. The fourth-order valence-electron chi connectivity index (χ4n) is 2.05. The predicted octanol–water partition coefficient (Wildman–Crippen LogP) is 2.46. The number of ether oxygens (including phenoxy) is 1. The molecule has 0 fully saturated rings. The molecule has 16 heavy (non-hydrogen) atoms. The highest BCUT2D eigenvalue weighted by atomic mass is 16.5. The van der Waals surface area contributed by atoms with Crippen LogP contribution in [0.25, 0.3) is 0 Å². The van der Waals surface area contributed by atoms with E-state index in [-0.39, 0.29) is 5.54 Å². The summed E-state index contributed by atoms with van der Waals surface area (Å²) in [7, 11) is 1.65. The third kappa shape index (κ3) is 1.77. The van der Waals surface area contributed by atoms with E-state index in [1.807, 2.05) is 38.1 Å². The molecule has 1 aromatic rings. The Hall–Kier alpha value is -1.51. The maximum absolute atomic E-state index is 10.1. The minimum atomic E-state index is -0.157. The van der Waals surface area contributed by atoms with Gasteiger partial charge in [0.05, 0.1) is 7.11 Å². The van der Waals surface area contributed by atoms with Crippen LogP contribution in [-0.2, 0) is 0 Å². The molecule has 0 saturated carbocycles. The molecule has 3 nitrogen and oxygen atoms in total. The van der Waals surface area contributed by atoms with Crippen molar-refractivity contribution in [1.29, 1.82) is 0 Å². The van der Waals surface area contributed by atoms with Crippen molar-refractivity contribution < 1.29 is 14.7 Å². The lowest BCUT2D eigenvalue weighted by atomic mass is 10.0. The average Bonchev–Trinajstić information content (AvgIpc) is 2.55. The number of hydrogen-bond donors (Lipinski definition) is 1. The number of benzene rings is 1. The van der Waals surface area contributed by atoms with Gasteiger partial charge in [0.25, 0.3) is 0 Å². The molecule has 86 valence electrons. The molecule has 1 aliphatic heterocycles. The molecular weight excluding hydrogens is 202 g/mol. The number of rotatable bonds is 2. The lowest BCUT2D eigenvalue weighted by molar-refractivity contribution is -0.816. The molecular formula is C13H18NO2+. The topological polar surface area (TPSA) is 32.5 Å². The third-order valence-corrected chi connectivity index (χ3v) is 3.23. The smallest absolute Gasteiger partial charge is 0.235 e. The minimum absolute atomic E-state index is 0.157. The van der Waals surface area contributed by atoms with Crippen LogP contribution in [0.15, 0.2) is 24.3 Å². The van der Waals surface area contributed by atoms with Crippen molar-refractivity contribution in [3.8, 4) is 5.75 Å². The average molecular weight is 220 g/mol. The molecule has 1 aromatic carbocycles. The molecule has 1 heterocycles. The molecule has 0 bridgehead atoms. The first-order valence-electron chi connectivity index (χ1n) is 5.54. The number of hydrogen-bond acceptors (Lipinski definition) is 2. The van der Waals surface area contributed by atoms with E-state index in [2.05, 4.69) is 0 Å². The van der Waals surface area contributed by atoms with Crippen LogP contribution in [-0.4, -0.2) is 28.3 Å². The van der Waals surface area contributed by atoms with Gasteiger partial charge >= 0.3 is 0 Å². The lowest BCUT2D eigenvalue weighted by Gasteiger charge is -2.08. The zero-order chi connectivity index (χ0) is 11.8. The minimum Gasteiger partial charge on any atom is -0.497 e. The van der Waals surface area contributed by atoms with Crippen molar-refractivity contribution >= 4 is 5.71 Å². The van der Waals surface area contributed by atoms with Gasteiger partial charge in [-0.05, 0) is 29.0 Å². The van der Waals surface area contributed by atoms with E-state index in [9.17, 15) is 5.21 Å². The summed E-state index contributed by atoms with van der Waals surface area (Å²) in [6.07, 6.45) is 1.89. The Morgan fingerprint density at radius 3 is 2.31 bits per heavy atom. The highest BCUT2D eigenvalue weighted by Crippen LogP contribution is 2.26.